The lowest BCUT2D eigenvalue weighted by molar-refractivity contribution is -0.0847. The molecule has 2 aliphatic heterocycles. The summed E-state index contributed by atoms with van der Waals surface area (Å²) in [5, 5.41) is 0. The molecule has 0 atom stereocenters. The van der Waals surface area contributed by atoms with E-state index in [1.54, 1.807) is 20.8 Å². The molecule has 0 aliphatic carbocycles. The average Bonchev–Trinajstić information content (AvgIpc) is 2.36. The lowest BCUT2D eigenvalue weighted by Gasteiger charge is -2.50. The number of fused-ring (bicyclic) bond motifs is 1. The van der Waals surface area contributed by atoms with Gasteiger partial charge in [0, 0.05) is 0 Å². The molecule has 1 spiro atoms. The number of carbonyl (C=O) groups is 2. The second kappa shape index (κ2) is 5.19. The van der Waals surface area contributed by atoms with Crippen LogP contribution in [0.5, 0.6) is 5.75 Å². The highest BCUT2D eigenvalue weighted by Crippen LogP contribution is 2.40. The number of amides is 1. The molecule has 1 aromatic rings. The standard InChI is InChI=1S/C16H17BrFNO4/c1-15(2,3)23-14(21)19-7-16(8-19)6-12(20)9-4-11(18)10(17)5-13(9)22-16/h4-5H,6-8H2,1-3H3. The normalized spacial score (nSPS) is 19.0. The van der Waals surface area contributed by atoms with Gasteiger partial charge < -0.3 is 9.47 Å². The first-order valence-electron chi connectivity index (χ1n) is 7.28. The van der Waals surface area contributed by atoms with Crippen molar-refractivity contribution in [3.8, 4) is 5.75 Å². The molecule has 0 saturated carbocycles. The van der Waals surface area contributed by atoms with Crippen LogP contribution in [0.3, 0.4) is 0 Å². The van der Waals surface area contributed by atoms with Crippen molar-refractivity contribution in [2.75, 3.05) is 13.1 Å². The number of carbonyl (C=O) groups excluding carboxylic acids is 2. The summed E-state index contributed by atoms with van der Waals surface area (Å²) >= 11 is 3.09. The van der Waals surface area contributed by atoms with E-state index < -0.39 is 23.1 Å². The zero-order valence-electron chi connectivity index (χ0n) is 13.1. The number of Topliss-reactive ketones (excluding diaryl/α,β-unsaturated/α-hetero) is 1. The molecular formula is C16H17BrFNO4. The second-order valence-electron chi connectivity index (χ2n) is 6.98. The third kappa shape index (κ3) is 3.06. The molecule has 23 heavy (non-hydrogen) atoms. The molecule has 7 heteroatoms. The maximum Gasteiger partial charge on any atom is 0.410 e. The molecule has 2 heterocycles. The van der Waals surface area contributed by atoms with E-state index in [-0.39, 0.29) is 35.3 Å². The number of hydrogen-bond acceptors (Lipinski definition) is 4. The molecule has 0 N–H and O–H groups in total. The molecule has 1 saturated heterocycles. The minimum Gasteiger partial charge on any atom is -0.482 e. The summed E-state index contributed by atoms with van der Waals surface area (Å²) in [6, 6.07) is 2.64. The first-order chi connectivity index (χ1) is 10.6. The van der Waals surface area contributed by atoms with Crippen molar-refractivity contribution in [3.05, 3.63) is 28.0 Å². The summed E-state index contributed by atoms with van der Waals surface area (Å²) in [5.41, 5.74) is -1.07. The van der Waals surface area contributed by atoms with Gasteiger partial charge in [0.25, 0.3) is 0 Å². The average molecular weight is 386 g/mol. The molecule has 3 rings (SSSR count). The van der Waals surface area contributed by atoms with Gasteiger partial charge in [-0.1, -0.05) is 0 Å². The van der Waals surface area contributed by atoms with Gasteiger partial charge in [0.05, 0.1) is 29.5 Å². The molecule has 1 amide bonds. The Morgan fingerprint density at radius 3 is 2.65 bits per heavy atom. The van der Waals surface area contributed by atoms with Crippen LogP contribution in [0.25, 0.3) is 0 Å². The van der Waals surface area contributed by atoms with E-state index in [0.29, 0.717) is 5.75 Å². The zero-order chi connectivity index (χ0) is 17.0. The summed E-state index contributed by atoms with van der Waals surface area (Å²) in [7, 11) is 0. The smallest absolute Gasteiger partial charge is 0.410 e. The van der Waals surface area contributed by atoms with Crippen LogP contribution in [0.15, 0.2) is 16.6 Å². The van der Waals surface area contributed by atoms with Gasteiger partial charge in [-0.3, -0.25) is 9.69 Å². The Morgan fingerprint density at radius 1 is 1.39 bits per heavy atom. The Labute approximate surface area is 141 Å². The predicted molar refractivity (Wildman–Crippen MR) is 84.2 cm³/mol. The van der Waals surface area contributed by atoms with Crippen LogP contribution in [0.4, 0.5) is 9.18 Å². The topological polar surface area (TPSA) is 55.8 Å². The largest absolute Gasteiger partial charge is 0.482 e. The van der Waals surface area contributed by atoms with Gasteiger partial charge in [0.15, 0.2) is 11.4 Å². The van der Waals surface area contributed by atoms with Crippen LogP contribution in [-0.4, -0.2) is 41.1 Å². The van der Waals surface area contributed by atoms with Crippen LogP contribution in [0.1, 0.15) is 37.6 Å². The quantitative estimate of drug-likeness (QED) is 0.685. The van der Waals surface area contributed by atoms with Gasteiger partial charge in [-0.25, -0.2) is 9.18 Å². The van der Waals surface area contributed by atoms with Gasteiger partial charge in [0.2, 0.25) is 0 Å². The Bertz CT molecular complexity index is 692. The number of rotatable bonds is 0. The molecule has 124 valence electrons. The van der Waals surface area contributed by atoms with Crippen molar-refractivity contribution >= 4 is 27.8 Å². The van der Waals surface area contributed by atoms with E-state index in [1.165, 1.54) is 17.0 Å². The third-order valence-corrected chi connectivity index (χ3v) is 4.35. The molecular weight excluding hydrogens is 369 g/mol. The molecule has 0 radical (unpaired) electrons. The Hall–Kier alpha value is -1.63. The molecule has 0 bridgehead atoms. The van der Waals surface area contributed by atoms with E-state index in [1.807, 2.05) is 0 Å². The maximum absolute atomic E-state index is 13.6. The first kappa shape index (κ1) is 16.2. The van der Waals surface area contributed by atoms with Crippen LogP contribution >= 0.6 is 15.9 Å². The molecule has 0 unspecified atom stereocenters. The van der Waals surface area contributed by atoms with Gasteiger partial charge in [0.1, 0.15) is 17.2 Å². The zero-order valence-corrected chi connectivity index (χ0v) is 14.7. The lowest BCUT2D eigenvalue weighted by atomic mass is 9.84. The second-order valence-corrected chi connectivity index (χ2v) is 7.84. The van der Waals surface area contributed by atoms with E-state index in [4.69, 9.17) is 9.47 Å². The number of halogens is 2. The Balaban J connectivity index is 1.74. The van der Waals surface area contributed by atoms with E-state index in [9.17, 15) is 14.0 Å². The molecule has 5 nitrogen and oxygen atoms in total. The SMILES string of the molecule is CC(C)(C)OC(=O)N1CC2(CC(=O)c3cc(F)c(Br)cc3O2)C1. The fraction of sp³-hybridized carbons (Fsp3) is 0.500. The van der Waals surface area contributed by atoms with Gasteiger partial charge in [-0.2, -0.15) is 0 Å². The molecule has 1 aromatic carbocycles. The fourth-order valence-electron chi connectivity index (χ4n) is 2.77. The van der Waals surface area contributed by atoms with Crippen LogP contribution in [-0.2, 0) is 4.74 Å². The minimum atomic E-state index is -0.738. The Morgan fingerprint density at radius 2 is 2.04 bits per heavy atom. The van der Waals surface area contributed by atoms with Crippen molar-refractivity contribution in [2.24, 2.45) is 0 Å². The summed E-state index contributed by atoms with van der Waals surface area (Å²) < 4.78 is 25.0. The fourth-order valence-corrected chi connectivity index (χ4v) is 3.09. The van der Waals surface area contributed by atoms with E-state index in [2.05, 4.69) is 15.9 Å². The minimum absolute atomic E-state index is 0.125. The lowest BCUT2D eigenvalue weighted by Crippen LogP contribution is -2.68. The highest BCUT2D eigenvalue weighted by molar-refractivity contribution is 9.10. The predicted octanol–water partition coefficient (Wildman–Crippen LogP) is 3.54. The number of nitrogens with zero attached hydrogens (tertiary/aromatic N) is 1. The van der Waals surface area contributed by atoms with Gasteiger partial charge in [-0.15, -0.1) is 0 Å². The van der Waals surface area contributed by atoms with Crippen molar-refractivity contribution in [3.63, 3.8) is 0 Å². The van der Waals surface area contributed by atoms with E-state index in [0.717, 1.165) is 0 Å². The summed E-state index contributed by atoms with van der Waals surface area (Å²) in [6.07, 6.45) is -0.300. The number of hydrogen-bond donors (Lipinski definition) is 0. The Kier molecular flexibility index (Phi) is 3.66. The number of likely N-dealkylation sites (tertiary alicyclic amines) is 1. The van der Waals surface area contributed by atoms with Gasteiger partial charge in [-0.05, 0) is 48.8 Å². The van der Waals surface area contributed by atoms with E-state index >= 15 is 0 Å². The highest BCUT2D eigenvalue weighted by atomic mass is 79.9. The number of benzene rings is 1. The number of ketones is 1. The highest BCUT2D eigenvalue weighted by Gasteiger charge is 2.52. The van der Waals surface area contributed by atoms with Crippen molar-refractivity contribution in [1.29, 1.82) is 0 Å². The van der Waals surface area contributed by atoms with Crippen molar-refractivity contribution < 1.29 is 23.5 Å². The molecule has 1 fully saturated rings. The molecule has 2 aliphatic rings. The third-order valence-electron chi connectivity index (χ3n) is 3.74. The first-order valence-corrected chi connectivity index (χ1v) is 8.07. The number of ether oxygens (including phenoxy) is 2. The van der Waals surface area contributed by atoms with Gasteiger partial charge >= 0.3 is 6.09 Å². The maximum atomic E-state index is 13.6. The summed E-state index contributed by atoms with van der Waals surface area (Å²) in [4.78, 5) is 25.8. The van der Waals surface area contributed by atoms with Crippen LogP contribution in [0, 0.1) is 5.82 Å². The van der Waals surface area contributed by atoms with Crippen molar-refractivity contribution in [2.45, 2.75) is 38.4 Å². The van der Waals surface area contributed by atoms with Crippen molar-refractivity contribution in [1.82, 2.24) is 4.90 Å². The monoisotopic (exact) mass is 385 g/mol. The molecule has 0 aromatic heterocycles. The van der Waals surface area contributed by atoms with Crippen LogP contribution < -0.4 is 4.74 Å². The summed E-state index contributed by atoms with van der Waals surface area (Å²) in [6.45, 7) is 5.94. The van der Waals surface area contributed by atoms with Crippen LogP contribution in [0.2, 0.25) is 0 Å². The summed E-state index contributed by atoms with van der Waals surface area (Å²) in [5.74, 6) is -0.333.